The maximum atomic E-state index is 9.14. The first-order valence-corrected chi connectivity index (χ1v) is 5.63. The molecule has 0 aromatic heterocycles. The molecule has 3 unspecified atom stereocenters. The van der Waals surface area contributed by atoms with Crippen LogP contribution < -0.4 is 5.32 Å². The van der Waals surface area contributed by atoms with Crippen LogP contribution in [0.4, 0.5) is 0 Å². The van der Waals surface area contributed by atoms with E-state index in [9.17, 15) is 0 Å². The van der Waals surface area contributed by atoms with E-state index in [4.69, 9.17) is 5.11 Å². The molecule has 78 valence electrons. The van der Waals surface area contributed by atoms with Crippen molar-refractivity contribution < 1.29 is 5.11 Å². The van der Waals surface area contributed by atoms with Crippen LogP contribution in [-0.2, 0) is 0 Å². The highest BCUT2D eigenvalue weighted by Crippen LogP contribution is 2.26. The summed E-state index contributed by atoms with van der Waals surface area (Å²) in [5.41, 5.74) is 0. The summed E-state index contributed by atoms with van der Waals surface area (Å²) in [6.45, 7) is 4.87. The first kappa shape index (κ1) is 11.0. The van der Waals surface area contributed by atoms with Crippen molar-refractivity contribution >= 4 is 0 Å². The topological polar surface area (TPSA) is 32.3 Å². The molecule has 0 spiro atoms. The lowest BCUT2D eigenvalue weighted by Gasteiger charge is -2.29. The van der Waals surface area contributed by atoms with Crippen molar-refractivity contribution in [3.63, 3.8) is 0 Å². The molecule has 1 fully saturated rings. The molecular weight excluding hydrogens is 162 g/mol. The fraction of sp³-hybridized carbons (Fsp3) is 1.00. The third-order valence-corrected chi connectivity index (χ3v) is 3.06. The van der Waals surface area contributed by atoms with Gasteiger partial charge in [0.05, 0.1) is 6.10 Å². The molecule has 2 N–H and O–H groups in total. The number of aliphatic hydroxyl groups excluding tert-OH is 1. The maximum absolute atomic E-state index is 9.14. The fourth-order valence-electron chi connectivity index (χ4n) is 2.18. The molecule has 0 bridgehead atoms. The van der Waals surface area contributed by atoms with Crippen LogP contribution in [0.15, 0.2) is 0 Å². The predicted octanol–water partition coefficient (Wildman–Crippen LogP) is 1.93. The van der Waals surface area contributed by atoms with E-state index in [-0.39, 0.29) is 6.10 Å². The molecule has 0 heterocycles. The van der Waals surface area contributed by atoms with Gasteiger partial charge >= 0.3 is 0 Å². The van der Waals surface area contributed by atoms with E-state index in [2.05, 4.69) is 12.2 Å². The van der Waals surface area contributed by atoms with Gasteiger partial charge in [-0.15, -0.1) is 0 Å². The Morgan fingerprint density at radius 3 is 2.85 bits per heavy atom. The zero-order chi connectivity index (χ0) is 9.68. The molecule has 0 saturated heterocycles. The van der Waals surface area contributed by atoms with E-state index >= 15 is 0 Å². The Bertz CT molecular complexity index is 136. The smallest absolute Gasteiger partial charge is 0.0636 e. The van der Waals surface area contributed by atoms with Crippen LogP contribution >= 0.6 is 0 Å². The summed E-state index contributed by atoms with van der Waals surface area (Å²) in [5.74, 6) is 0.917. The van der Waals surface area contributed by atoms with E-state index in [0.29, 0.717) is 6.04 Å². The second-order valence-corrected chi connectivity index (χ2v) is 4.40. The van der Waals surface area contributed by atoms with Gasteiger partial charge in [0.2, 0.25) is 0 Å². The molecule has 3 atom stereocenters. The molecule has 2 heteroatoms. The number of hydrogen-bond donors (Lipinski definition) is 2. The average Bonchev–Trinajstić information content (AvgIpc) is 2.15. The second kappa shape index (κ2) is 5.61. The third-order valence-electron chi connectivity index (χ3n) is 3.06. The fourth-order valence-corrected chi connectivity index (χ4v) is 2.18. The Morgan fingerprint density at radius 2 is 2.23 bits per heavy atom. The molecular formula is C11H23NO. The van der Waals surface area contributed by atoms with E-state index in [1.54, 1.807) is 0 Å². The number of nitrogens with one attached hydrogen (secondary N) is 1. The summed E-state index contributed by atoms with van der Waals surface area (Å²) in [5, 5.41) is 12.6. The number of aliphatic hydroxyl groups is 1. The zero-order valence-electron chi connectivity index (χ0n) is 8.92. The maximum Gasteiger partial charge on any atom is 0.0636 e. The SMILES string of the molecule is CCC1CCCC(NCC(C)O)C1. The van der Waals surface area contributed by atoms with Crippen molar-refractivity contribution in [1.29, 1.82) is 0 Å². The van der Waals surface area contributed by atoms with Crippen LogP contribution in [-0.4, -0.2) is 23.8 Å². The Hall–Kier alpha value is -0.0800. The van der Waals surface area contributed by atoms with Gasteiger partial charge in [0, 0.05) is 12.6 Å². The van der Waals surface area contributed by atoms with Crippen LogP contribution in [0.25, 0.3) is 0 Å². The summed E-state index contributed by atoms with van der Waals surface area (Å²) in [7, 11) is 0. The normalized spacial score (nSPS) is 31.6. The van der Waals surface area contributed by atoms with E-state index < -0.39 is 0 Å². The summed E-state index contributed by atoms with van der Waals surface area (Å²) in [4.78, 5) is 0. The minimum Gasteiger partial charge on any atom is -0.392 e. The monoisotopic (exact) mass is 185 g/mol. The summed E-state index contributed by atoms with van der Waals surface area (Å²) in [6.07, 6.45) is 6.47. The van der Waals surface area contributed by atoms with Gasteiger partial charge in [-0.1, -0.05) is 26.2 Å². The third kappa shape index (κ3) is 4.10. The minimum atomic E-state index is -0.206. The zero-order valence-corrected chi connectivity index (χ0v) is 8.92. The molecule has 1 saturated carbocycles. The highest BCUT2D eigenvalue weighted by molar-refractivity contribution is 4.77. The lowest BCUT2D eigenvalue weighted by molar-refractivity contribution is 0.175. The van der Waals surface area contributed by atoms with Gasteiger partial charge in [0.25, 0.3) is 0 Å². The Morgan fingerprint density at radius 1 is 1.46 bits per heavy atom. The van der Waals surface area contributed by atoms with Gasteiger partial charge in [-0.3, -0.25) is 0 Å². The molecule has 1 aliphatic rings. The van der Waals surface area contributed by atoms with Gasteiger partial charge in [-0.2, -0.15) is 0 Å². The molecule has 0 amide bonds. The number of rotatable bonds is 4. The first-order valence-electron chi connectivity index (χ1n) is 5.63. The Kier molecular flexibility index (Phi) is 4.74. The second-order valence-electron chi connectivity index (χ2n) is 4.40. The van der Waals surface area contributed by atoms with Gasteiger partial charge < -0.3 is 10.4 Å². The van der Waals surface area contributed by atoms with E-state index in [1.165, 1.54) is 32.1 Å². The van der Waals surface area contributed by atoms with Crippen molar-refractivity contribution in [2.75, 3.05) is 6.54 Å². The van der Waals surface area contributed by atoms with Crippen LogP contribution in [0.5, 0.6) is 0 Å². The largest absolute Gasteiger partial charge is 0.392 e. The predicted molar refractivity (Wildman–Crippen MR) is 55.7 cm³/mol. The molecule has 0 radical (unpaired) electrons. The van der Waals surface area contributed by atoms with Crippen molar-refractivity contribution in [3.05, 3.63) is 0 Å². The van der Waals surface area contributed by atoms with E-state index in [0.717, 1.165) is 12.5 Å². The minimum absolute atomic E-state index is 0.206. The summed E-state index contributed by atoms with van der Waals surface area (Å²) >= 11 is 0. The van der Waals surface area contributed by atoms with Crippen molar-refractivity contribution in [1.82, 2.24) is 5.32 Å². The Labute approximate surface area is 81.7 Å². The van der Waals surface area contributed by atoms with Crippen LogP contribution in [0, 0.1) is 5.92 Å². The lowest BCUT2D eigenvalue weighted by atomic mass is 9.84. The van der Waals surface area contributed by atoms with Crippen molar-refractivity contribution in [2.45, 2.75) is 58.1 Å². The van der Waals surface area contributed by atoms with Gasteiger partial charge in [-0.25, -0.2) is 0 Å². The molecule has 1 rings (SSSR count). The first-order chi connectivity index (χ1) is 6.22. The van der Waals surface area contributed by atoms with Crippen molar-refractivity contribution in [3.8, 4) is 0 Å². The molecule has 13 heavy (non-hydrogen) atoms. The van der Waals surface area contributed by atoms with Crippen LogP contribution in [0.2, 0.25) is 0 Å². The highest BCUT2D eigenvalue weighted by Gasteiger charge is 2.20. The summed E-state index contributed by atoms with van der Waals surface area (Å²) < 4.78 is 0. The summed E-state index contributed by atoms with van der Waals surface area (Å²) in [6, 6.07) is 0.660. The van der Waals surface area contributed by atoms with Gasteiger partial charge in [0.15, 0.2) is 0 Å². The molecule has 1 aliphatic carbocycles. The van der Waals surface area contributed by atoms with Crippen molar-refractivity contribution in [2.24, 2.45) is 5.92 Å². The van der Waals surface area contributed by atoms with E-state index in [1.807, 2.05) is 6.92 Å². The van der Waals surface area contributed by atoms with Gasteiger partial charge in [-0.05, 0) is 25.7 Å². The quantitative estimate of drug-likeness (QED) is 0.701. The van der Waals surface area contributed by atoms with Gasteiger partial charge in [0.1, 0.15) is 0 Å². The average molecular weight is 185 g/mol. The molecule has 0 aromatic rings. The van der Waals surface area contributed by atoms with Crippen LogP contribution in [0.3, 0.4) is 0 Å². The Balaban J connectivity index is 2.18. The lowest BCUT2D eigenvalue weighted by Crippen LogP contribution is -2.37. The number of hydrogen-bond acceptors (Lipinski definition) is 2. The molecule has 0 aliphatic heterocycles. The molecule has 2 nitrogen and oxygen atoms in total. The highest BCUT2D eigenvalue weighted by atomic mass is 16.3. The standard InChI is InChI=1S/C11H23NO/c1-3-10-5-4-6-11(7-10)12-8-9(2)13/h9-13H,3-8H2,1-2H3. The molecule has 0 aromatic carbocycles. The van der Waals surface area contributed by atoms with Crippen LogP contribution in [0.1, 0.15) is 46.0 Å².